The van der Waals surface area contributed by atoms with E-state index in [1.54, 1.807) is 13.3 Å². The first-order chi connectivity index (χ1) is 8.71. The van der Waals surface area contributed by atoms with Crippen LogP contribution in [0.4, 0.5) is 0 Å². The zero-order chi connectivity index (χ0) is 13.1. The highest BCUT2D eigenvalue weighted by molar-refractivity contribution is 6.06. The van der Waals surface area contributed by atoms with E-state index >= 15 is 0 Å². The largest absolute Gasteiger partial charge is 0.497 e. The molecule has 0 bridgehead atoms. The molecular formula is C14H18N2O2. The lowest BCUT2D eigenvalue weighted by Gasteiger charge is -2.17. The Labute approximate surface area is 107 Å². The maximum atomic E-state index is 12.3. The van der Waals surface area contributed by atoms with Crippen LogP contribution in [0.2, 0.25) is 0 Å². The SMILES string of the molecule is CCN(CC)C(=O)c1c[nH]c2cc(OC)ccc12. The molecule has 0 fully saturated rings. The van der Waals surface area contributed by atoms with E-state index in [1.165, 1.54) is 0 Å². The van der Waals surface area contributed by atoms with Crippen LogP contribution in [0, 0.1) is 0 Å². The minimum absolute atomic E-state index is 0.0661. The number of fused-ring (bicyclic) bond motifs is 1. The quantitative estimate of drug-likeness (QED) is 0.901. The summed E-state index contributed by atoms with van der Waals surface area (Å²) >= 11 is 0. The van der Waals surface area contributed by atoms with Gasteiger partial charge in [0.05, 0.1) is 12.7 Å². The average Bonchev–Trinajstić information content (AvgIpc) is 2.82. The highest BCUT2D eigenvalue weighted by atomic mass is 16.5. The number of nitrogens with zero attached hydrogens (tertiary/aromatic N) is 1. The Balaban J connectivity index is 2.43. The second-order valence-electron chi connectivity index (χ2n) is 4.09. The number of methoxy groups -OCH3 is 1. The Kier molecular flexibility index (Phi) is 3.55. The Morgan fingerprint density at radius 1 is 1.33 bits per heavy atom. The van der Waals surface area contributed by atoms with E-state index in [0.717, 1.165) is 35.3 Å². The number of carbonyl (C=O) groups is 1. The molecule has 4 nitrogen and oxygen atoms in total. The first-order valence-electron chi connectivity index (χ1n) is 6.15. The van der Waals surface area contributed by atoms with Crippen molar-refractivity contribution in [2.45, 2.75) is 13.8 Å². The molecule has 0 saturated carbocycles. The van der Waals surface area contributed by atoms with Gasteiger partial charge in [-0.2, -0.15) is 0 Å². The molecule has 0 atom stereocenters. The van der Waals surface area contributed by atoms with Crippen molar-refractivity contribution in [2.24, 2.45) is 0 Å². The van der Waals surface area contributed by atoms with E-state index in [-0.39, 0.29) is 5.91 Å². The lowest BCUT2D eigenvalue weighted by Crippen LogP contribution is -2.30. The van der Waals surface area contributed by atoms with Crippen LogP contribution in [-0.2, 0) is 0 Å². The van der Waals surface area contributed by atoms with Crippen LogP contribution in [0.5, 0.6) is 5.75 Å². The number of aromatic nitrogens is 1. The standard InChI is InChI=1S/C14H18N2O2/c1-4-16(5-2)14(17)12-9-15-13-8-10(18-3)6-7-11(12)13/h6-9,15H,4-5H2,1-3H3. The van der Waals surface area contributed by atoms with Crippen LogP contribution >= 0.6 is 0 Å². The van der Waals surface area contributed by atoms with Gasteiger partial charge in [-0.05, 0) is 26.0 Å². The van der Waals surface area contributed by atoms with Crippen molar-refractivity contribution >= 4 is 16.8 Å². The van der Waals surface area contributed by atoms with Gasteiger partial charge in [0.2, 0.25) is 0 Å². The van der Waals surface area contributed by atoms with Gasteiger partial charge in [-0.25, -0.2) is 0 Å². The molecule has 0 aliphatic carbocycles. The second-order valence-corrected chi connectivity index (χ2v) is 4.09. The number of ether oxygens (including phenoxy) is 1. The van der Waals surface area contributed by atoms with Gasteiger partial charge in [0, 0.05) is 36.3 Å². The number of carbonyl (C=O) groups excluding carboxylic acids is 1. The summed E-state index contributed by atoms with van der Waals surface area (Å²) in [6.45, 7) is 5.41. The molecule has 1 N–H and O–H groups in total. The Morgan fingerprint density at radius 3 is 2.67 bits per heavy atom. The van der Waals surface area contributed by atoms with E-state index in [9.17, 15) is 4.79 Å². The molecule has 0 unspecified atom stereocenters. The summed E-state index contributed by atoms with van der Waals surface area (Å²) in [5, 5.41) is 0.938. The minimum Gasteiger partial charge on any atom is -0.497 e. The van der Waals surface area contributed by atoms with Crippen LogP contribution in [0.1, 0.15) is 24.2 Å². The third-order valence-electron chi connectivity index (χ3n) is 3.17. The summed E-state index contributed by atoms with van der Waals surface area (Å²) in [5.41, 5.74) is 1.64. The van der Waals surface area contributed by atoms with Gasteiger partial charge in [-0.1, -0.05) is 0 Å². The molecular weight excluding hydrogens is 228 g/mol. The van der Waals surface area contributed by atoms with Gasteiger partial charge in [-0.3, -0.25) is 4.79 Å². The molecule has 4 heteroatoms. The van der Waals surface area contributed by atoms with Crippen molar-refractivity contribution < 1.29 is 9.53 Å². The van der Waals surface area contributed by atoms with Crippen molar-refractivity contribution in [1.29, 1.82) is 0 Å². The average molecular weight is 246 g/mol. The summed E-state index contributed by atoms with van der Waals surface area (Å²) in [6.07, 6.45) is 1.77. The summed E-state index contributed by atoms with van der Waals surface area (Å²) in [7, 11) is 1.63. The lowest BCUT2D eigenvalue weighted by molar-refractivity contribution is 0.0775. The molecule has 0 aliphatic rings. The maximum absolute atomic E-state index is 12.3. The van der Waals surface area contributed by atoms with E-state index in [2.05, 4.69) is 4.98 Å². The highest BCUT2D eigenvalue weighted by Gasteiger charge is 2.16. The summed E-state index contributed by atoms with van der Waals surface area (Å²) in [4.78, 5) is 17.2. The number of aromatic amines is 1. The fraction of sp³-hybridized carbons (Fsp3) is 0.357. The van der Waals surface area contributed by atoms with Crippen LogP contribution in [0.15, 0.2) is 24.4 Å². The molecule has 1 aromatic heterocycles. The van der Waals surface area contributed by atoms with E-state index in [4.69, 9.17) is 4.74 Å². The van der Waals surface area contributed by atoms with Gasteiger partial charge < -0.3 is 14.6 Å². The highest BCUT2D eigenvalue weighted by Crippen LogP contribution is 2.24. The number of amides is 1. The Bertz CT molecular complexity index is 556. The lowest BCUT2D eigenvalue weighted by atomic mass is 10.1. The fourth-order valence-corrected chi connectivity index (χ4v) is 2.09. The number of nitrogens with one attached hydrogen (secondary N) is 1. The van der Waals surface area contributed by atoms with Crippen LogP contribution < -0.4 is 4.74 Å². The molecule has 0 saturated heterocycles. The smallest absolute Gasteiger partial charge is 0.256 e. The normalized spacial score (nSPS) is 10.6. The molecule has 1 heterocycles. The number of rotatable bonds is 4. The topological polar surface area (TPSA) is 45.3 Å². The number of hydrogen-bond acceptors (Lipinski definition) is 2. The Morgan fingerprint density at radius 2 is 2.06 bits per heavy atom. The third kappa shape index (κ3) is 2.06. The zero-order valence-electron chi connectivity index (χ0n) is 11.0. The molecule has 0 spiro atoms. The maximum Gasteiger partial charge on any atom is 0.256 e. The molecule has 96 valence electrons. The summed E-state index contributed by atoms with van der Waals surface area (Å²) in [6, 6.07) is 5.69. The molecule has 1 amide bonds. The molecule has 2 aromatic rings. The predicted molar refractivity (Wildman–Crippen MR) is 72.1 cm³/mol. The number of benzene rings is 1. The summed E-state index contributed by atoms with van der Waals surface area (Å²) in [5.74, 6) is 0.850. The molecule has 2 rings (SSSR count). The van der Waals surface area contributed by atoms with Crippen LogP contribution in [-0.4, -0.2) is 36.0 Å². The van der Waals surface area contributed by atoms with Gasteiger partial charge >= 0.3 is 0 Å². The predicted octanol–water partition coefficient (Wildman–Crippen LogP) is 2.66. The monoisotopic (exact) mass is 246 g/mol. The van der Waals surface area contributed by atoms with Gasteiger partial charge in [0.1, 0.15) is 5.75 Å². The van der Waals surface area contributed by atoms with E-state index < -0.39 is 0 Å². The van der Waals surface area contributed by atoms with E-state index in [1.807, 2.05) is 36.9 Å². The zero-order valence-corrected chi connectivity index (χ0v) is 11.0. The third-order valence-corrected chi connectivity index (χ3v) is 3.17. The first-order valence-corrected chi connectivity index (χ1v) is 6.15. The van der Waals surface area contributed by atoms with Crippen LogP contribution in [0.25, 0.3) is 10.9 Å². The molecule has 1 aromatic carbocycles. The molecule has 18 heavy (non-hydrogen) atoms. The fourth-order valence-electron chi connectivity index (χ4n) is 2.09. The van der Waals surface area contributed by atoms with Gasteiger partial charge in [-0.15, -0.1) is 0 Å². The number of H-pyrrole nitrogens is 1. The van der Waals surface area contributed by atoms with Crippen molar-refractivity contribution in [3.8, 4) is 5.75 Å². The van der Waals surface area contributed by atoms with Crippen molar-refractivity contribution in [3.05, 3.63) is 30.0 Å². The van der Waals surface area contributed by atoms with Crippen LogP contribution in [0.3, 0.4) is 0 Å². The summed E-state index contributed by atoms with van der Waals surface area (Å²) < 4.78 is 5.17. The van der Waals surface area contributed by atoms with Gasteiger partial charge in [0.25, 0.3) is 5.91 Å². The molecule has 0 aliphatic heterocycles. The van der Waals surface area contributed by atoms with Crippen molar-refractivity contribution in [2.75, 3.05) is 20.2 Å². The minimum atomic E-state index is 0.0661. The Hall–Kier alpha value is -1.97. The van der Waals surface area contributed by atoms with Gasteiger partial charge in [0.15, 0.2) is 0 Å². The van der Waals surface area contributed by atoms with Crippen molar-refractivity contribution in [1.82, 2.24) is 9.88 Å². The number of hydrogen-bond donors (Lipinski definition) is 1. The second kappa shape index (κ2) is 5.12. The van der Waals surface area contributed by atoms with E-state index in [0.29, 0.717) is 0 Å². The van der Waals surface area contributed by atoms with Crippen molar-refractivity contribution in [3.63, 3.8) is 0 Å². The molecule has 0 radical (unpaired) electrons. The first kappa shape index (κ1) is 12.5.